The number of carbonyl (C=O) groups is 1. The van der Waals surface area contributed by atoms with Crippen molar-refractivity contribution in [3.05, 3.63) is 71.8 Å². The van der Waals surface area contributed by atoms with Gasteiger partial charge in [-0.1, -0.05) is 54.6 Å². The number of ether oxygens (including phenoxy) is 2. The predicted molar refractivity (Wildman–Crippen MR) is 134 cm³/mol. The van der Waals surface area contributed by atoms with Gasteiger partial charge in [-0.2, -0.15) is 0 Å². The fourth-order valence-corrected chi connectivity index (χ4v) is 5.58. The minimum Gasteiger partial charge on any atom is -0.496 e. The van der Waals surface area contributed by atoms with Gasteiger partial charge in [-0.3, -0.25) is 9.69 Å². The van der Waals surface area contributed by atoms with E-state index in [-0.39, 0.29) is 24.4 Å². The highest BCUT2D eigenvalue weighted by Gasteiger charge is 2.41. The lowest BCUT2D eigenvalue weighted by molar-refractivity contribution is 0.0823. The number of piperidine rings is 1. The quantitative estimate of drug-likeness (QED) is 0.542. The standard InChI is InChI=1S/C27H30N2O3.ClH/c1-31-24-14-19-10-6-7-11-23(19)26(32-2)25(24)27(30)28-20-15-21-12-13-22(16-20)29(21)17-18-8-4-3-5-9-18;/h3-11,14,20-22H,12-13,15-17H2,1-2H3,(H,28,30);1H. The molecule has 0 saturated carbocycles. The van der Waals surface area contributed by atoms with Crippen molar-refractivity contribution in [2.45, 2.75) is 50.4 Å². The maximum Gasteiger partial charge on any atom is 0.259 e. The molecular formula is C27H31ClN2O3. The van der Waals surface area contributed by atoms with E-state index in [1.165, 1.54) is 18.4 Å². The van der Waals surface area contributed by atoms with Gasteiger partial charge in [0.15, 0.2) is 0 Å². The molecule has 174 valence electrons. The first-order chi connectivity index (χ1) is 15.7. The average Bonchev–Trinajstić information content (AvgIpc) is 3.05. The van der Waals surface area contributed by atoms with Crippen LogP contribution in [0.4, 0.5) is 0 Å². The van der Waals surface area contributed by atoms with Crippen LogP contribution in [-0.4, -0.2) is 43.2 Å². The molecule has 6 heteroatoms. The highest BCUT2D eigenvalue weighted by Crippen LogP contribution is 2.39. The van der Waals surface area contributed by atoms with E-state index in [0.717, 1.165) is 30.2 Å². The summed E-state index contributed by atoms with van der Waals surface area (Å²) in [4.78, 5) is 16.1. The lowest BCUT2D eigenvalue weighted by Crippen LogP contribution is -2.50. The molecule has 1 N–H and O–H groups in total. The molecule has 3 aromatic carbocycles. The molecule has 5 nitrogen and oxygen atoms in total. The van der Waals surface area contributed by atoms with Crippen molar-refractivity contribution in [2.24, 2.45) is 0 Å². The maximum absolute atomic E-state index is 13.4. The molecule has 33 heavy (non-hydrogen) atoms. The van der Waals surface area contributed by atoms with E-state index in [2.05, 4.69) is 40.5 Å². The summed E-state index contributed by atoms with van der Waals surface area (Å²) >= 11 is 0. The molecule has 2 atom stereocenters. The Hall–Kier alpha value is -2.76. The Morgan fingerprint density at radius 1 is 0.970 bits per heavy atom. The molecule has 0 radical (unpaired) electrons. The zero-order valence-corrected chi connectivity index (χ0v) is 19.9. The van der Waals surface area contributed by atoms with Crippen molar-refractivity contribution in [1.29, 1.82) is 0 Å². The third kappa shape index (κ3) is 4.53. The van der Waals surface area contributed by atoms with Crippen molar-refractivity contribution in [1.82, 2.24) is 10.2 Å². The topological polar surface area (TPSA) is 50.8 Å². The van der Waals surface area contributed by atoms with E-state index >= 15 is 0 Å². The summed E-state index contributed by atoms with van der Waals surface area (Å²) in [6.07, 6.45) is 4.36. The smallest absolute Gasteiger partial charge is 0.259 e. The van der Waals surface area contributed by atoms with Crippen LogP contribution in [0.3, 0.4) is 0 Å². The van der Waals surface area contributed by atoms with Gasteiger partial charge in [-0.25, -0.2) is 0 Å². The average molecular weight is 467 g/mol. The zero-order valence-electron chi connectivity index (χ0n) is 19.1. The predicted octanol–water partition coefficient (Wildman–Crippen LogP) is 5.20. The Morgan fingerprint density at radius 3 is 2.30 bits per heavy atom. The molecule has 5 rings (SSSR count). The van der Waals surface area contributed by atoms with Gasteiger partial charge in [0.25, 0.3) is 5.91 Å². The van der Waals surface area contributed by atoms with Crippen LogP contribution in [0.1, 0.15) is 41.6 Å². The normalized spacial score (nSPS) is 21.9. The molecule has 2 heterocycles. The highest BCUT2D eigenvalue weighted by molar-refractivity contribution is 6.06. The van der Waals surface area contributed by atoms with Crippen molar-refractivity contribution < 1.29 is 14.3 Å². The molecule has 2 aliphatic rings. The van der Waals surface area contributed by atoms with Crippen LogP contribution in [0.5, 0.6) is 11.5 Å². The summed E-state index contributed by atoms with van der Waals surface area (Å²) in [5.41, 5.74) is 1.84. The Labute approximate surface area is 201 Å². The lowest BCUT2D eigenvalue weighted by Gasteiger charge is -2.39. The van der Waals surface area contributed by atoms with Crippen LogP contribution in [0.25, 0.3) is 10.8 Å². The van der Waals surface area contributed by atoms with Crippen LogP contribution in [-0.2, 0) is 6.54 Å². The number of hydrogen-bond donors (Lipinski definition) is 1. The van der Waals surface area contributed by atoms with Crippen molar-refractivity contribution in [2.75, 3.05) is 14.2 Å². The van der Waals surface area contributed by atoms with Crippen molar-refractivity contribution in [3.63, 3.8) is 0 Å². The first kappa shape index (κ1) is 23.4. The van der Waals surface area contributed by atoms with Gasteiger partial charge in [-0.15, -0.1) is 12.4 Å². The van der Waals surface area contributed by atoms with Gasteiger partial charge in [-0.05, 0) is 42.7 Å². The van der Waals surface area contributed by atoms with Crippen LogP contribution >= 0.6 is 12.4 Å². The van der Waals surface area contributed by atoms with E-state index in [1.807, 2.05) is 30.3 Å². The van der Waals surface area contributed by atoms with Crippen LogP contribution in [0.15, 0.2) is 60.7 Å². The highest BCUT2D eigenvalue weighted by atomic mass is 35.5. The van der Waals surface area contributed by atoms with E-state index in [9.17, 15) is 4.79 Å². The Morgan fingerprint density at radius 2 is 1.64 bits per heavy atom. The molecule has 0 aromatic heterocycles. The number of fused-ring (bicyclic) bond motifs is 3. The second-order valence-corrected chi connectivity index (χ2v) is 8.89. The largest absolute Gasteiger partial charge is 0.496 e. The molecule has 2 bridgehead atoms. The fraction of sp³-hybridized carbons (Fsp3) is 0.370. The van der Waals surface area contributed by atoms with Crippen LogP contribution in [0, 0.1) is 0 Å². The monoisotopic (exact) mass is 466 g/mol. The number of rotatable bonds is 6. The maximum atomic E-state index is 13.4. The number of amides is 1. The van der Waals surface area contributed by atoms with Gasteiger partial charge in [0.1, 0.15) is 17.1 Å². The number of benzene rings is 3. The Kier molecular flexibility index (Phi) is 7.11. The summed E-state index contributed by atoms with van der Waals surface area (Å²) in [7, 11) is 3.21. The second-order valence-electron chi connectivity index (χ2n) is 8.89. The lowest BCUT2D eigenvalue weighted by atomic mass is 9.95. The van der Waals surface area contributed by atoms with Crippen molar-refractivity contribution >= 4 is 29.1 Å². The molecule has 0 spiro atoms. The molecule has 3 aromatic rings. The van der Waals surface area contributed by atoms with Gasteiger partial charge >= 0.3 is 0 Å². The van der Waals surface area contributed by atoms with Gasteiger partial charge in [0.05, 0.1) is 14.2 Å². The number of nitrogens with one attached hydrogen (secondary N) is 1. The van der Waals surface area contributed by atoms with Crippen molar-refractivity contribution in [3.8, 4) is 11.5 Å². The summed E-state index contributed by atoms with van der Waals surface area (Å²) < 4.78 is 11.3. The molecule has 0 aliphatic carbocycles. The third-order valence-electron chi connectivity index (χ3n) is 7.04. The van der Waals surface area contributed by atoms with E-state index in [4.69, 9.17) is 9.47 Å². The Balaban J connectivity index is 0.00000259. The second kappa shape index (κ2) is 10.0. The van der Waals surface area contributed by atoms with Gasteiger partial charge in [0, 0.05) is 30.1 Å². The minimum atomic E-state index is -0.120. The van der Waals surface area contributed by atoms with E-state index < -0.39 is 0 Å². The molecule has 1 amide bonds. The Bertz CT molecular complexity index is 1110. The molecular weight excluding hydrogens is 436 g/mol. The van der Waals surface area contributed by atoms with E-state index in [1.54, 1.807) is 14.2 Å². The van der Waals surface area contributed by atoms with E-state index in [0.29, 0.717) is 29.1 Å². The molecule has 2 unspecified atom stereocenters. The first-order valence-electron chi connectivity index (χ1n) is 11.4. The first-order valence-corrected chi connectivity index (χ1v) is 11.4. The fourth-order valence-electron chi connectivity index (χ4n) is 5.58. The summed E-state index contributed by atoms with van der Waals surface area (Å²) in [5.74, 6) is 0.995. The number of hydrogen-bond acceptors (Lipinski definition) is 4. The zero-order chi connectivity index (χ0) is 22.1. The number of carbonyl (C=O) groups excluding carboxylic acids is 1. The number of halogens is 1. The molecule has 2 saturated heterocycles. The number of methoxy groups -OCH3 is 2. The number of nitrogens with zero attached hydrogens (tertiary/aromatic N) is 1. The van der Waals surface area contributed by atoms with Crippen LogP contribution < -0.4 is 14.8 Å². The summed E-state index contributed by atoms with van der Waals surface area (Å²) in [6.45, 7) is 0.989. The summed E-state index contributed by atoms with van der Waals surface area (Å²) in [6, 6.07) is 21.7. The third-order valence-corrected chi connectivity index (χ3v) is 7.04. The minimum absolute atomic E-state index is 0. The summed E-state index contributed by atoms with van der Waals surface area (Å²) in [5, 5.41) is 5.22. The SMILES string of the molecule is COc1cc2ccccc2c(OC)c1C(=O)NC1CC2CCC(C1)N2Cc1ccccc1.Cl. The molecule has 2 aliphatic heterocycles. The van der Waals surface area contributed by atoms with Gasteiger partial charge in [0.2, 0.25) is 0 Å². The molecule has 2 fully saturated rings. The van der Waals surface area contributed by atoms with Gasteiger partial charge < -0.3 is 14.8 Å². The van der Waals surface area contributed by atoms with Crippen LogP contribution in [0.2, 0.25) is 0 Å².